The predicted molar refractivity (Wildman–Crippen MR) is 70.2 cm³/mol. The molecule has 0 spiro atoms. The van der Waals surface area contributed by atoms with Crippen molar-refractivity contribution in [3.8, 4) is 5.75 Å². The molecule has 1 aromatic rings. The normalized spacial score (nSPS) is 14.3. The molecule has 0 bridgehead atoms. The van der Waals surface area contributed by atoms with Crippen molar-refractivity contribution in [3.63, 3.8) is 0 Å². The minimum Gasteiger partial charge on any atom is -0.494 e. The number of nitrogens with one attached hydrogen (secondary N) is 1. The highest BCUT2D eigenvalue weighted by atomic mass is 19.1. The number of rotatable bonds is 7. The predicted octanol–water partition coefficient (Wildman–Crippen LogP) is 2.48. The highest BCUT2D eigenvalue weighted by Gasteiger charge is 2.20. The van der Waals surface area contributed by atoms with Crippen LogP contribution in [-0.2, 0) is 6.54 Å². The summed E-state index contributed by atoms with van der Waals surface area (Å²) in [6.07, 6.45) is 1.59. The first kappa shape index (κ1) is 14.9. The zero-order valence-corrected chi connectivity index (χ0v) is 11.3. The van der Waals surface area contributed by atoms with Crippen LogP contribution in [0.1, 0.15) is 32.3 Å². The molecule has 1 atom stereocenters. The average molecular weight is 255 g/mol. The van der Waals surface area contributed by atoms with Crippen LogP contribution in [-0.4, -0.2) is 24.4 Å². The molecule has 0 aliphatic rings. The van der Waals surface area contributed by atoms with Gasteiger partial charge in [0.1, 0.15) is 0 Å². The van der Waals surface area contributed by atoms with Crippen LogP contribution in [0.15, 0.2) is 18.2 Å². The van der Waals surface area contributed by atoms with Crippen LogP contribution in [0.25, 0.3) is 0 Å². The van der Waals surface area contributed by atoms with Crippen molar-refractivity contribution in [3.05, 3.63) is 29.6 Å². The number of ether oxygens (including phenoxy) is 1. The van der Waals surface area contributed by atoms with E-state index in [2.05, 4.69) is 19.2 Å². The third-order valence-electron chi connectivity index (χ3n) is 3.38. The van der Waals surface area contributed by atoms with Crippen molar-refractivity contribution in [1.29, 1.82) is 0 Å². The van der Waals surface area contributed by atoms with Crippen LogP contribution >= 0.6 is 0 Å². The lowest BCUT2D eigenvalue weighted by molar-refractivity contribution is 0.214. The average Bonchev–Trinajstić information content (AvgIpc) is 2.37. The second kappa shape index (κ2) is 6.71. The van der Waals surface area contributed by atoms with Gasteiger partial charge in [-0.2, -0.15) is 0 Å². The maximum Gasteiger partial charge on any atom is 0.165 e. The number of methoxy groups -OCH3 is 1. The number of hydrogen-bond acceptors (Lipinski definition) is 3. The van der Waals surface area contributed by atoms with Gasteiger partial charge < -0.3 is 15.2 Å². The summed E-state index contributed by atoms with van der Waals surface area (Å²) in [6, 6.07) is 4.94. The first-order valence-electron chi connectivity index (χ1n) is 6.23. The molecule has 0 heterocycles. The topological polar surface area (TPSA) is 41.5 Å². The molecule has 18 heavy (non-hydrogen) atoms. The van der Waals surface area contributed by atoms with Crippen LogP contribution < -0.4 is 10.1 Å². The Morgan fingerprint density at radius 3 is 2.67 bits per heavy atom. The van der Waals surface area contributed by atoms with E-state index >= 15 is 0 Å². The third-order valence-corrected chi connectivity index (χ3v) is 3.38. The van der Waals surface area contributed by atoms with E-state index in [9.17, 15) is 4.39 Å². The molecule has 0 aromatic heterocycles. The lowest BCUT2D eigenvalue weighted by atomic mass is 9.94. The Morgan fingerprint density at radius 2 is 2.17 bits per heavy atom. The minimum absolute atomic E-state index is 0.120. The molecule has 3 nitrogen and oxygen atoms in total. The van der Waals surface area contributed by atoms with Gasteiger partial charge in [-0.05, 0) is 37.5 Å². The van der Waals surface area contributed by atoms with E-state index in [1.807, 2.05) is 6.07 Å². The largest absolute Gasteiger partial charge is 0.494 e. The minimum atomic E-state index is -0.350. The summed E-state index contributed by atoms with van der Waals surface area (Å²) in [5.41, 5.74) is 0.747. The maximum absolute atomic E-state index is 13.5. The number of aliphatic hydroxyl groups excluding tert-OH is 1. The second-order valence-electron chi connectivity index (χ2n) is 4.71. The van der Waals surface area contributed by atoms with Gasteiger partial charge in [0.2, 0.25) is 0 Å². The Kier molecular flexibility index (Phi) is 5.56. The van der Waals surface area contributed by atoms with Crippen LogP contribution in [0, 0.1) is 5.82 Å². The van der Waals surface area contributed by atoms with Gasteiger partial charge in [0, 0.05) is 18.7 Å². The maximum atomic E-state index is 13.5. The summed E-state index contributed by atoms with van der Waals surface area (Å²) < 4.78 is 18.4. The summed E-state index contributed by atoms with van der Waals surface area (Å²) in [6.45, 7) is 4.85. The standard InChI is InChI=1S/C14H22FNO2/c1-4-14(2,7-8-17)16-10-11-5-6-13(18-3)12(15)9-11/h5-6,9,16-17H,4,7-8,10H2,1-3H3. The van der Waals surface area contributed by atoms with Crippen molar-refractivity contribution in [2.24, 2.45) is 0 Å². The van der Waals surface area contributed by atoms with E-state index in [0.717, 1.165) is 12.0 Å². The number of hydrogen-bond donors (Lipinski definition) is 2. The molecule has 1 rings (SSSR count). The van der Waals surface area contributed by atoms with Crippen molar-refractivity contribution in [2.75, 3.05) is 13.7 Å². The van der Waals surface area contributed by atoms with Gasteiger partial charge in [0.25, 0.3) is 0 Å². The van der Waals surface area contributed by atoms with E-state index in [1.54, 1.807) is 6.07 Å². The zero-order valence-electron chi connectivity index (χ0n) is 11.3. The van der Waals surface area contributed by atoms with Crippen molar-refractivity contribution in [1.82, 2.24) is 5.32 Å². The molecule has 2 N–H and O–H groups in total. The summed E-state index contributed by atoms with van der Waals surface area (Å²) >= 11 is 0. The van der Waals surface area contributed by atoms with Gasteiger partial charge in [-0.15, -0.1) is 0 Å². The van der Waals surface area contributed by atoms with Crippen LogP contribution in [0.4, 0.5) is 4.39 Å². The first-order valence-corrected chi connectivity index (χ1v) is 6.23. The Bertz CT molecular complexity index is 384. The van der Waals surface area contributed by atoms with Gasteiger partial charge in [0.05, 0.1) is 7.11 Å². The van der Waals surface area contributed by atoms with E-state index in [0.29, 0.717) is 13.0 Å². The van der Waals surface area contributed by atoms with Gasteiger partial charge in [0.15, 0.2) is 11.6 Å². The molecule has 0 aliphatic heterocycles. The SMILES string of the molecule is CCC(C)(CCO)NCc1ccc(OC)c(F)c1. The van der Waals surface area contributed by atoms with Crippen LogP contribution in [0.3, 0.4) is 0 Å². The fourth-order valence-corrected chi connectivity index (χ4v) is 1.77. The van der Waals surface area contributed by atoms with E-state index in [-0.39, 0.29) is 23.7 Å². The van der Waals surface area contributed by atoms with E-state index in [4.69, 9.17) is 9.84 Å². The summed E-state index contributed by atoms with van der Waals surface area (Å²) in [7, 11) is 1.45. The monoisotopic (exact) mass is 255 g/mol. The van der Waals surface area contributed by atoms with Crippen molar-refractivity contribution >= 4 is 0 Å². The van der Waals surface area contributed by atoms with Gasteiger partial charge >= 0.3 is 0 Å². The molecule has 0 radical (unpaired) electrons. The lowest BCUT2D eigenvalue weighted by Gasteiger charge is -2.29. The Hall–Kier alpha value is -1.13. The van der Waals surface area contributed by atoms with Crippen molar-refractivity contribution < 1.29 is 14.2 Å². The molecule has 1 unspecified atom stereocenters. The van der Waals surface area contributed by atoms with Crippen LogP contribution in [0.2, 0.25) is 0 Å². The molecular weight excluding hydrogens is 233 g/mol. The Labute approximate surface area is 108 Å². The highest BCUT2D eigenvalue weighted by molar-refractivity contribution is 5.29. The number of halogens is 1. The quantitative estimate of drug-likeness (QED) is 0.786. The zero-order chi connectivity index (χ0) is 13.6. The third kappa shape index (κ3) is 3.96. The van der Waals surface area contributed by atoms with E-state index < -0.39 is 0 Å². The molecule has 4 heteroatoms. The fourth-order valence-electron chi connectivity index (χ4n) is 1.77. The summed E-state index contributed by atoms with van der Waals surface area (Å²) in [4.78, 5) is 0. The smallest absolute Gasteiger partial charge is 0.165 e. The first-order chi connectivity index (χ1) is 8.54. The van der Waals surface area contributed by atoms with Crippen molar-refractivity contribution in [2.45, 2.75) is 38.8 Å². The molecular formula is C14H22FNO2. The van der Waals surface area contributed by atoms with Crippen LogP contribution in [0.5, 0.6) is 5.75 Å². The lowest BCUT2D eigenvalue weighted by Crippen LogP contribution is -2.42. The number of benzene rings is 1. The molecule has 0 aliphatic carbocycles. The number of aliphatic hydroxyl groups is 1. The molecule has 102 valence electrons. The molecule has 0 saturated heterocycles. The molecule has 1 aromatic carbocycles. The van der Waals surface area contributed by atoms with Gasteiger partial charge in [-0.25, -0.2) is 4.39 Å². The summed E-state index contributed by atoms with van der Waals surface area (Å²) in [5, 5.41) is 12.4. The van der Waals surface area contributed by atoms with Gasteiger partial charge in [-0.3, -0.25) is 0 Å². The summed E-state index contributed by atoms with van der Waals surface area (Å²) in [5.74, 6) is -0.0930. The highest BCUT2D eigenvalue weighted by Crippen LogP contribution is 2.19. The molecule has 0 fully saturated rings. The molecule has 0 amide bonds. The Morgan fingerprint density at radius 1 is 1.44 bits per heavy atom. The second-order valence-corrected chi connectivity index (χ2v) is 4.71. The molecule has 0 saturated carbocycles. The van der Waals surface area contributed by atoms with E-state index in [1.165, 1.54) is 13.2 Å². The fraction of sp³-hybridized carbons (Fsp3) is 0.571. The van der Waals surface area contributed by atoms with Gasteiger partial charge in [-0.1, -0.05) is 13.0 Å². The Balaban J connectivity index is 2.65.